The summed E-state index contributed by atoms with van der Waals surface area (Å²) in [6, 6.07) is 22.3. The lowest BCUT2D eigenvalue weighted by molar-refractivity contribution is -0.113. The standard InChI is InChI=1S/C21H18N2OS/c1-23-13-20(17-10-4-5-12-19(17)23)25-14-21(24)22-18-11-6-8-15-7-2-3-9-16(15)18/h2-13H,14H2,1H3,(H,22,24). The van der Waals surface area contributed by atoms with Gasteiger partial charge in [-0.05, 0) is 17.5 Å². The van der Waals surface area contributed by atoms with Crippen LogP contribution in [0.25, 0.3) is 21.7 Å². The molecule has 3 aromatic carbocycles. The molecule has 124 valence electrons. The number of anilines is 1. The average Bonchev–Trinajstić information content (AvgIpc) is 2.97. The molecular formula is C21H18N2OS. The van der Waals surface area contributed by atoms with Crippen molar-refractivity contribution in [3.63, 3.8) is 0 Å². The van der Waals surface area contributed by atoms with Crippen LogP contribution in [0.4, 0.5) is 5.69 Å². The predicted octanol–water partition coefficient (Wildman–Crippen LogP) is 5.06. The van der Waals surface area contributed by atoms with Gasteiger partial charge in [0.15, 0.2) is 0 Å². The van der Waals surface area contributed by atoms with Gasteiger partial charge < -0.3 is 9.88 Å². The van der Waals surface area contributed by atoms with Gasteiger partial charge in [0.05, 0.1) is 5.75 Å². The fraction of sp³-hybridized carbons (Fsp3) is 0.0952. The molecule has 1 N–H and O–H groups in total. The molecule has 1 amide bonds. The third-order valence-corrected chi connectivity index (χ3v) is 5.33. The van der Waals surface area contributed by atoms with Gasteiger partial charge in [-0.2, -0.15) is 0 Å². The first-order valence-electron chi connectivity index (χ1n) is 8.17. The Labute approximate surface area is 150 Å². The summed E-state index contributed by atoms with van der Waals surface area (Å²) < 4.78 is 2.10. The molecule has 4 aromatic rings. The van der Waals surface area contributed by atoms with Crippen molar-refractivity contribution in [3.05, 3.63) is 72.9 Å². The van der Waals surface area contributed by atoms with Crippen LogP contribution >= 0.6 is 11.8 Å². The highest BCUT2D eigenvalue weighted by atomic mass is 32.2. The number of fused-ring (bicyclic) bond motifs is 2. The van der Waals surface area contributed by atoms with E-state index < -0.39 is 0 Å². The van der Waals surface area contributed by atoms with Gasteiger partial charge in [-0.3, -0.25) is 4.79 Å². The summed E-state index contributed by atoms with van der Waals surface area (Å²) >= 11 is 1.57. The molecule has 0 atom stereocenters. The van der Waals surface area contributed by atoms with E-state index in [1.165, 1.54) is 10.9 Å². The number of amides is 1. The number of benzene rings is 3. The summed E-state index contributed by atoms with van der Waals surface area (Å²) in [5.41, 5.74) is 2.04. The summed E-state index contributed by atoms with van der Waals surface area (Å²) in [6.07, 6.45) is 2.08. The van der Waals surface area contributed by atoms with Crippen LogP contribution in [0.15, 0.2) is 77.8 Å². The summed E-state index contributed by atoms with van der Waals surface area (Å²) in [5, 5.41) is 6.42. The fourth-order valence-corrected chi connectivity index (χ4v) is 4.00. The molecule has 0 saturated heterocycles. The van der Waals surface area contributed by atoms with E-state index in [2.05, 4.69) is 40.3 Å². The Bertz CT molecular complexity index is 1060. The Hall–Kier alpha value is -2.72. The highest BCUT2D eigenvalue weighted by Gasteiger charge is 2.10. The van der Waals surface area contributed by atoms with Gasteiger partial charge in [0, 0.05) is 40.1 Å². The lowest BCUT2D eigenvalue weighted by Gasteiger charge is -2.08. The molecule has 0 aliphatic heterocycles. The second-order valence-corrected chi connectivity index (χ2v) is 7.00. The highest BCUT2D eigenvalue weighted by Crippen LogP contribution is 2.30. The zero-order chi connectivity index (χ0) is 17.2. The SMILES string of the molecule is Cn1cc(SCC(=O)Nc2cccc3ccccc23)c2ccccc21. The van der Waals surface area contributed by atoms with Gasteiger partial charge in [0.1, 0.15) is 0 Å². The van der Waals surface area contributed by atoms with Crippen molar-refractivity contribution in [1.82, 2.24) is 4.57 Å². The number of hydrogen-bond donors (Lipinski definition) is 1. The van der Waals surface area contributed by atoms with Gasteiger partial charge in [-0.25, -0.2) is 0 Å². The maximum absolute atomic E-state index is 12.4. The minimum Gasteiger partial charge on any atom is -0.349 e. The Morgan fingerprint density at radius 2 is 1.68 bits per heavy atom. The number of aromatic nitrogens is 1. The number of carbonyl (C=O) groups excluding carboxylic acids is 1. The second-order valence-electron chi connectivity index (χ2n) is 5.98. The monoisotopic (exact) mass is 346 g/mol. The lowest BCUT2D eigenvalue weighted by atomic mass is 10.1. The van der Waals surface area contributed by atoms with Gasteiger partial charge in [-0.15, -0.1) is 11.8 Å². The van der Waals surface area contributed by atoms with E-state index in [1.54, 1.807) is 11.8 Å². The lowest BCUT2D eigenvalue weighted by Crippen LogP contribution is -2.14. The Morgan fingerprint density at radius 3 is 2.56 bits per heavy atom. The topological polar surface area (TPSA) is 34.0 Å². The van der Waals surface area contributed by atoms with E-state index in [0.29, 0.717) is 5.75 Å². The molecule has 0 saturated carbocycles. The molecule has 25 heavy (non-hydrogen) atoms. The van der Waals surface area contributed by atoms with Crippen LogP contribution in [0.3, 0.4) is 0 Å². The summed E-state index contributed by atoms with van der Waals surface area (Å²) in [6.45, 7) is 0. The smallest absolute Gasteiger partial charge is 0.234 e. The van der Waals surface area contributed by atoms with Crippen LogP contribution in [-0.4, -0.2) is 16.2 Å². The van der Waals surface area contributed by atoms with Crippen molar-refractivity contribution >= 4 is 45.0 Å². The van der Waals surface area contributed by atoms with E-state index in [4.69, 9.17) is 0 Å². The van der Waals surface area contributed by atoms with Gasteiger partial charge in [-0.1, -0.05) is 54.6 Å². The van der Waals surface area contributed by atoms with Crippen molar-refractivity contribution < 1.29 is 4.79 Å². The average molecular weight is 346 g/mol. The molecule has 0 spiro atoms. The minimum absolute atomic E-state index is 0.00860. The Balaban J connectivity index is 1.50. The summed E-state index contributed by atoms with van der Waals surface area (Å²) in [5.74, 6) is 0.395. The number of hydrogen-bond acceptors (Lipinski definition) is 2. The van der Waals surface area contributed by atoms with E-state index in [0.717, 1.165) is 21.4 Å². The number of thioether (sulfide) groups is 1. The van der Waals surface area contributed by atoms with Crippen molar-refractivity contribution in [2.24, 2.45) is 7.05 Å². The first kappa shape index (κ1) is 15.8. The molecule has 1 heterocycles. The number of nitrogens with zero attached hydrogens (tertiary/aromatic N) is 1. The quantitative estimate of drug-likeness (QED) is 0.524. The van der Waals surface area contributed by atoms with Crippen LogP contribution in [0.5, 0.6) is 0 Å². The van der Waals surface area contributed by atoms with Crippen LogP contribution in [-0.2, 0) is 11.8 Å². The summed E-state index contributed by atoms with van der Waals surface area (Å²) in [7, 11) is 2.03. The van der Waals surface area contributed by atoms with Crippen molar-refractivity contribution in [3.8, 4) is 0 Å². The second kappa shape index (κ2) is 6.65. The molecule has 3 nitrogen and oxygen atoms in total. The largest absolute Gasteiger partial charge is 0.349 e. The van der Waals surface area contributed by atoms with Crippen molar-refractivity contribution in [2.75, 3.05) is 11.1 Å². The maximum atomic E-state index is 12.4. The zero-order valence-electron chi connectivity index (χ0n) is 13.9. The third kappa shape index (κ3) is 3.13. The fourth-order valence-electron chi connectivity index (χ4n) is 3.08. The first-order valence-corrected chi connectivity index (χ1v) is 9.15. The van der Waals surface area contributed by atoms with Crippen molar-refractivity contribution in [2.45, 2.75) is 4.90 Å². The maximum Gasteiger partial charge on any atom is 0.234 e. The van der Waals surface area contributed by atoms with E-state index in [9.17, 15) is 4.79 Å². The molecule has 0 bridgehead atoms. The van der Waals surface area contributed by atoms with Crippen LogP contribution < -0.4 is 5.32 Å². The molecule has 0 aliphatic carbocycles. The molecule has 0 radical (unpaired) electrons. The molecule has 0 fully saturated rings. The predicted molar refractivity (Wildman–Crippen MR) is 106 cm³/mol. The van der Waals surface area contributed by atoms with Crippen molar-refractivity contribution in [1.29, 1.82) is 0 Å². The number of aryl methyl sites for hydroxylation is 1. The molecular weight excluding hydrogens is 328 g/mol. The molecule has 0 aliphatic rings. The van der Waals surface area contributed by atoms with E-state index >= 15 is 0 Å². The third-order valence-electron chi connectivity index (χ3n) is 4.28. The van der Waals surface area contributed by atoms with Gasteiger partial charge >= 0.3 is 0 Å². The molecule has 4 heteroatoms. The van der Waals surface area contributed by atoms with Crippen LogP contribution in [0.1, 0.15) is 0 Å². The van der Waals surface area contributed by atoms with Crippen LogP contribution in [0.2, 0.25) is 0 Å². The highest BCUT2D eigenvalue weighted by molar-refractivity contribution is 8.00. The molecule has 1 aromatic heterocycles. The minimum atomic E-state index is 0.00860. The number of rotatable bonds is 4. The van der Waals surface area contributed by atoms with Crippen LogP contribution in [0, 0.1) is 0 Å². The first-order chi connectivity index (χ1) is 12.2. The van der Waals surface area contributed by atoms with E-state index in [-0.39, 0.29) is 5.91 Å². The summed E-state index contributed by atoms with van der Waals surface area (Å²) in [4.78, 5) is 13.6. The van der Waals surface area contributed by atoms with E-state index in [1.807, 2.05) is 49.5 Å². The Morgan fingerprint density at radius 1 is 0.960 bits per heavy atom. The zero-order valence-corrected chi connectivity index (χ0v) is 14.7. The Kier molecular flexibility index (Phi) is 4.20. The molecule has 4 rings (SSSR count). The molecule has 0 unspecified atom stereocenters. The number of para-hydroxylation sites is 1. The van der Waals surface area contributed by atoms with Gasteiger partial charge in [0.2, 0.25) is 5.91 Å². The number of nitrogens with one attached hydrogen (secondary N) is 1. The number of carbonyl (C=O) groups is 1. The normalized spacial score (nSPS) is 11.1. The van der Waals surface area contributed by atoms with Gasteiger partial charge in [0.25, 0.3) is 0 Å².